The fourth-order valence-electron chi connectivity index (χ4n) is 2.29. The number of benzene rings is 1. The molecule has 0 aliphatic carbocycles. The zero-order valence-electron chi connectivity index (χ0n) is 13.4. The molecule has 0 aliphatic rings. The first kappa shape index (κ1) is 16.4. The van der Waals surface area contributed by atoms with Crippen LogP contribution in [0.2, 0.25) is 0 Å². The molecular formula is C16H15BrN4O3. The number of esters is 1. The molecule has 3 rings (SSSR count). The van der Waals surface area contributed by atoms with Crippen LogP contribution in [0, 0.1) is 13.8 Å². The van der Waals surface area contributed by atoms with Gasteiger partial charge in [0, 0.05) is 5.56 Å². The minimum atomic E-state index is -0.409. The van der Waals surface area contributed by atoms with E-state index in [0.29, 0.717) is 21.9 Å². The molecule has 0 bridgehead atoms. The maximum atomic E-state index is 11.6. The molecule has 7 nitrogen and oxygen atoms in total. The molecule has 1 aromatic carbocycles. The van der Waals surface area contributed by atoms with Crippen LogP contribution in [0.1, 0.15) is 11.3 Å². The van der Waals surface area contributed by atoms with Crippen LogP contribution in [0.5, 0.6) is 0 Å². The summed E-state index contributed by atoms with van der Waals surface area (Å²) in [6.45, 7) is 3.78. The first-order chi connectivity index (χ1) is 11.5. The van der Waals surface area contributed by atoms with Gasteiger partial charge in [0.2, 0.25) is 5.82 Å². The number of nitrogens with zero attached hydrogens (tertiary/aromatic N) is 4. The van der Waals surface area contributed by atoms with Gasteiger partial charge in [-0.25, -0.2) is 4.68 Å². The molecule has 0 amide bonds. The van der Waals surface area contributed by atoms with Gasteiger partial charge in [0.1, 0.15) is 12.2 Å². The van der Waals surface area contributed by atoms with E-state index in [1.807, 2.05) is 38.1 Å². The molecule has 0 radical (unpaired) electrons. The number of hydrogen-bond donors (Lipinski definition) is 0. The van der Waals surface area contributed by atoms with Crippen molar-refractivity contribution in [3.05, 3.63) is 40.0 Å². The Morgan fingerprint density at radius 3 is 2.88 bits per heavy atom. The van der Waals surface area contributed by atoms with Gasteiger partial charge in [-0.2, -0.15) is 10.1 Å². The Bertz CT molecular complexity index is 901. The van der Waals surface area contributed by atoms with Crippen LogP contribution < -0.4 is 0 Å². The monoisotopic (exact) mass is 390 g/mol. The van der Waals surface area contributed by atoms with Crippen LogP contribution in [-0.4, -0.2) is 33.0 Å². The summed E-state index contributed by atoms with van der Waals surface area (Å²) in [4.78, 5) is 16.0. The number of aryl methyl sites for hydroxylation is 2. The predicted molar refractivity (Wildman–Crippen MR) is 90.1 cm³/mol. The fraction of sp³-hybridized carbons (Fsp3) is 0.250. The average molecular weight is 391 g/mol. The van der Waals surface area contributed by atoms with E-state index in [-0.39, 0.29) is 6.54 Å². The molecular weight excluding hydrogens is 376 g/mol. The van der Waals surface area contributed by atoms with Crippen LogP contribution in [0.3, 0.4) is 0 Å². The van der Waals surface area contributed by atoms with Crippen LogP contribution in [0.25, 0.3) is 23.0 Å². The van der Waals surface area contributed by atoms with E-state index in [0.717, 1.165) is 16.8 Å². The van der Waals surface area contributed by atoms with E-state index in [2.05, 4.69) is 31.2 Å². The van der Waals surface area contributed by atoms with Crippen LogP contribution in [-0.2, 0) is 16.1 Å². The molecule has 0 unspecified atom stereocenters. The van der Waals surface area contributed by atoms with Gasteiger partial charge in [0.05, 0.1) is 17.3 Å². The highest BCUT2D eigenvalue weighted by molar-refractivity contribution is 9.10. The van der Waals surface area contributed by atoms with Crippen molar-refractivity contribution in [3.63, 3.8) is 0 Å². The number of carbonyl (C=O) groups excluding carboxylic acids is 1. The van der Waals surface area contributed by atoms with Gasteiger partial charge >= 0.3 is 5.97 Å². The Balaban J connectivity index is 2.02. The Kier molecular flexibility index (Phi) is 4.48. The van der Waals surface area contributed by atoms with Crippen LogP contribution in [0.4, 0.5) is 0 Å². The summed E-state index contributed by atoms with van der Waals surface area (Å²) in [6.07, 6.45) is 0. The lowest BCUT2D eigenvalue weighted by Crippen LogP contribution is -2.14. The number of methoxy groups -OCH3 is 1. The normalized spacial score (nSPS) is 10.8. The third kappa shape index (κ3) is 3.09. The van der Waals surface area contributed by atoms with Crippen LogP contribution >= 0.6 is 15.9 Å². The number of halogens is 1. The van der Waals surface area contributed by atoms with Crippen molar-refractivity contribution < 1.29 is 14.1 Å². The smallest absolute Gasteiger partial charge is 0.327 e. The number of ether oxygens (including phenoxy) is 1. The molecule has 124 valence electrons. The average Bonchev–Trinajstić information content (AvgIpc) is 3.13. The molecule has 8 heteroatoms. The Morgan fingerprint density at radius 2 is 2.17 bits per heavy atom. The van der Waals surface area contributed by atoms with Gasteiger partial charge in [-0.1, -0.05) is 22.9 Å². The summed E-state index contributed by atoms with van der Waals surface area (Å²) < 4.78 is 12.3. The molecule has 0 N–H and O–H groups in total. The van der Waals surface area contributed by atoms with Crippen molar-refractivity contribution in [1.82, 2.24) is 19.9 Å². The summed E-state index contributed by atoms with van der Waals surface area (Å²) >= 11 is 3.47. The van der Waals surface area contributed by atoms with Crippen molar-refractivity contribution in [2.75, 3.05) is 7.11 Å². The topological polar surface area (TPSA) is 83.0 Å². The molecule has 0 fully saturated rings. The maximum absolute atomic E-state index is 11.6. The van der Waals surface area contributed by atoms with Gasteiger partial charge < -0.3 is 9.26 Å². The lowest BCUT2D eigenvalue weighted by molar-refractivity contribution is -0.141. The molecule has 2 aromatic heterocycles. The molecule has 0 atom stereocenters. The van der Waals surface area contributed by atoms with Crippen molar-refractivity contribution in [2.24, 2.45) is 0 Å². The Labute approximate surface area is 146 Å². The SMILES string of the molecule is COC(=O)Cn1nc(C)c(Br)c1-c1noc(-c2cccc(C)c2)n1. The first-order valence-electron chi connectivity index (χ1n) is 7.20. The van der Waals surface area contributed by atoms with Gasteiger partial charge in [-0.15, -0.1) is 0 Å². The summed E-state index contributed by atoms with van der Waals surface area (Å²) in [5.74, 6) is 0.348. The molecule has 2 heterocycles. The zero-order chi connectivity index (χ0) is 17.3. The van der Waals surface area contributed by atoms with E-state index < -0.39 is 5.97 Å². The maximum Gasteiger partial charge on any atom is 0.327 e. The number of aromatic nitrogens is 4. The molecule has 0 spiro atoms. The Morgan fingerprint density at radius 1 is 1.38 bits per heavy atom. The van der Waals surface area contributed by atoms with Crippen molar-refractivity contribution in [3.8, 4) is 23.0 Å². The summed E-state index contributed by atoms with van der Waals surface area (Å²) in [5.41, 5.74) is 3.22. The quantitative estimate of drug-likeness (QED) is 0.636. The van der Waals surface area contributed by atoms with E-state index in [9.17, 15) is 4.79 Å². The number of hydrogen-bond acceptors (Lipinski definition) is 6. The van der Waals surface area contributed by atoms with Crippen molar-refractivity contribution in [1.29, 1.82) is 0 Å². The summed E-state index contributed by atoms with van der Waals surface area (Å²) in [6, 6.07) is 7.78. The minimum absolute atomic E-state index is 0.0351. The van der Waals surface area contributed by atoms with Gasteiger partial charge in [-0.05, 0) is 41.9 Å². The highest BCUT2D eigenvalue weighted by atomic mass is 79.9. The first-order valence-corrected chi connectivity index (χ1v) is 7.99. The Hall–Kier alpha value is -2.48. The lowest BCUT2D eigenvalue weighted by Gasteiger charge is -2.03. The predicted octanol–water partition coefficient (Wildman–Crippen LogP) is 3.15. The van der Waals surface area contributed by atoms with Crippen molar-refractivity contribution in [2.45, 2.75) is 20.4 Å². The molecule has 0 saturated heterocycles. The lowest BCUT2D eigenvalue weighted by atomic mass is 10.1. The van der Waals surface area contributed by atoms with Gasteiger partial charge in [-0.3, -0.25) is 4.79 Å². The highest BCUT2D eigenvalue weighted by Gasteiger charge is 2.22. The second kappa shape index (κ2) is 6.56. The van der Waals surface area contributed by atoms with E-state index >= 15 is 0 Å². The second-order valence-electron chi connectivity index (χ2n) is 5.27. The fourth-order valence-corrected chi connectivity index (χ4v) is 2.75. The minimum Gasteiger partial charge on any atom is -0.468 e. The van der Waals surface area contributed by atoms with Gasteiger partial charge in [0.25, 0.3) is 5.89 Å². The standard InChI is InChI=1S/C16H15BrN4O3/c1-9-5-4-6-11(7-9)16-18-15(20-24-16)14-13(17)10(2)19-21(14)8-12(22)23-3/h4-7H,8H2,1-3H3. The molecule has 3 aromatic rings. The van der Waals surface area contributed by atoms with Gasteiger partial charge in [0.15, 0.2) is 0 Å². The zero-order valence-corrected chi connectivity index (χ0v) is 15.0. The van der Waals surface area contributed by atoms with E-state index in [4.69, 9.17) is 9.26 Å². The molecule has 0 aliphatic heterocycles. The largest absolute Gasteiger partial charge is 0.468 e. The van der Waals surface area contributed by atoms with Crippen LogP contribution in [0.15, 0.2) is 33.3 Å². The number of rotatable bonds is 4. The summed E-state index contributed by atoms with van der Waals surface area (Å²) in [7, 11) is 1.33. The highest BCUT2D eigenvalue weighted by Crippen LogP contribution is 2.30. The third-order valence-corrected chi connectivity index (χ3v) is 4.41. The molecule has 24 heavy (non-hydrogen) atoms. The second-order valence-corrected chi connectivity index (χ2v) is 6.07. The third-order valence-electron chi connectivity index (χ3n) is 3.46. The van der Waals surface area contributed by atoms with E-state index in [1.54, 1.807) is 0 Å². The number of carbonyl (C=O) groups is 1. The molecule has 0 saturated carbocycles. The van der Waals surface area contributed by atoms with E-state index in [1.165, 1.54) is 11.8 Å². The summed E-state index contributed by atoms with van der Waals surface area (Å²) in [5, 5.41) is 8.35. The van der Waals surface area contributed by atoms with Crippen molar-refractivity contribution >= 4 is 21.9 Å².